The molecule has 0 aliphatic heterocycles. The molecule has 0 aliphatic rings. The van der Waals surface area contributed by atoms with Crippen LogP contribution >= 0.6 is 0 Å². The van der Waals surface area contributed by atoms with Crippen molar-refractivity contribution in [2.75, 3.05) is 13.7 Å². The van der Waals surface area contributed by atoms with Gasteiger partial charge in [0.2, 0.25) is 5.78 Å². The average Bonchev–Trinajstić information content (AvgIpc) is 3.12. The van der Waals surface area contributed by atoms with Crippen LogP contribution in [0.15, 0.2) is 48.2 Å². The van der Waals surface area contributed by atoms with Gasteiger partial charge >= 0.3 is 0 Å². The molecular formula is C22H20N2O3. The Morgan fingerprint density at radius 1 is 1.26 bits per heavy atom. The van der Waals surface area contributed by atoms with Gasteiger partial charge in [0.15, 0.2) is 11.5 Å². The van der Waals surface area contributed by atoms with Gasteiger partial charge in [0, 0.05) is 22.7 Å². The molecule has 0 bridgehead atoms. The number of carbonyl (C=O) groups is 1. The number of aryl methyl sites for hydroxylation is 1. The number of methoxy groups -OCH3 is 1. The summed E-state index contributed by atoms with van der Waals surface area (Å²) in [7, 11) is 1.55. The quantitative estimate of drug-likeness (QED) is 0.394. The predicted octanol–water partition coefficient (Wildman–Crippen LogP) is 4.67. The summed E-state index contributed by atoms with van der Waals surface area (Å²) in [5, 5.41) is 10.4. The molecule has 1 heterocycles. The van der Waals surface area contributed by atoms with Crippen molar-refractivity contribution in [2.24, 2.45) is 0 Å². The number of nitrogens with one attached hydrogen (secondary N) is 1. The number of hydrogen-bond donors (Lipinski definition) is 1. The van der Waals surface area contributed by atoms with Gasteiger partial charge in [0.1, 0.15) is 11.6 Å². The molecule has 0 atom stereocenters. The third-order valence-electron chi connectivity index (χ3n) is 4.32. The first kappa shape index (κ1) is 18.3. The maximum Gasteiger partial charge on any atom is 0.205 e. The van der Waals surface area contributed by atoms with Crippen LogP contribution in [0.4, 0.5) is 0 Å². The second kappa shape index (κ2) is 7.79. The lowest BCUT2D eigenvalue weighted by molar-refractivity contribution is 0.104. The van der Waals surface area contributed by atoms with E-state index in [1.54, 1.807) is 37.6 Å². The minimum Gasteiger partial charge on any atom is -0.493 e. The number of ketones is 1. The molecule has 0 spiro atoms. The van der Waals surface area contributed by atoms with E-state index >= 15 is 0 Å². The lowest BCUT2D eigenvalue weighted by Gasteiger charge is -2.09. The van der Waals surface area contributed by atoms with Gasteiger partial charge in [-0.2, -0.15) is 5.26 Å². The van der Waals surface area contributed by atoms with E-state index in [4.69, 9.17) is 9.47 Å². The van der Waals surface area contributed by atoms with Crippen LogP contribution < -0.4 is 9.47 Å². The zero-order chi connectivity index (χ0) is 19.4. The number of ether oxygens (including phenoxy) is 2. The fourth-order valence-corrected chi connectivity index (χ4v) is 3.06. The molecule has 136 valence electrons. The first-order chi connectivity index (χ1) is 13.1. The maximum atomic E-state index is 13.0. The molecule has 2 aromatic carbocycles. The zero-order valence-electron chi connectivity index (χ0n) is 15.5. The summed E-state index contributed by atoms with van der Waals surface area (Å²) in [6, 6.07) is 13.1. The normalized spacial score (nSPS) is 11.3. The van der Waals surface area contributed by atoms with Crippen LogP contribution in [0.2, 0.25) is 0 Å². The van der Waals surface area contributed by atoms with Crippen LogP contribution in [-0.2, 0) is 0 Å². The molecule has 0 saturated carbocycles. The van der Waals surface area contributed by atoms with Crippen LogP contribution in [-0.4, -0.2) is 24.5 Å². The highest BCUT2D eigenvalue weighted by Gasteiger charge is 2.18. The SMILES string of the molecule is CCOc1ccc(/C=C(\C#N)C(=O)c2c[nH]c3cccc(C)c23)cc1OC. The van der Waals surface area contributed by atoms with E-state index < -0.39 is 0 Å². The Kier molecular flexibility index (Phi) is 5.28. The van der Waals surface area contributed by atoms with E-state index in [1.165, 1.54) is 0 Å². The highest BCUT2D eigenvalue weighted by Crippen LogP contribution is 2.30. The van der Waals surface area contributed by atoms with Gasteiger partial charge in [0.05, 0.1) is 13.7 Å². The lowest BCUT2D eigenvalue weighted by Crippen LogP contribution is -2.02. The van der Waals surface area contributed by atoms with Gasteiger partial charge < -0.3 is 14.5 Å². The molecule has 3 rings (SSSR count). The number of fused-ring (bicyclic) bond motifs is 1. The van der Waals surface area contributed by atoms with Crippen LogP contribution in [0.1, 0.15) is 28.4 Å². The second-order valence-corrected chi connectivity index (χ2v) is 6.04. The number of aromatic nitrogens is 1. The van der Waals surface area contributed by atoms with E-state index in [2.05, 4.69) is 4.98 Å². The number of H-pyrrole nitrogens is 1. The summed E-state index contributed by atoms with van der Waals surface area (Å²) < 4.78 is 10.8. The minimum atomic E-state index is -0.314. The predicted molar refractivity (Wildman–Crippen MR) is 105 cm³/mol. The highest BCUT2D eigenvalue weighted by atomic mass is 16.5. The number of Topliss-reactive ketones (excluding diaryl/α,β-unsaturated/α-hetero) is 1. The number of aromatic amines is 1. The van der Waals surface area contributed by atoms with Gasteiger partial charge in [-0.25, -0.2) is 0 Å². The molecule has 0 fully saturated rings. The largest absolute Gasteiger partial charge is 0.493 e. The van der Waals surface area contributed by atoms with Crippen molar-refractivity contribution in [3.63, 3.8) is 0 Å². The molecule has 1 aromatic heterocycles. The van der Waals surface area contributed by atoms with Crippen molar-refractivity contribution in [3.05, 3.63) is 64.9 Å². The molecule has 0 radical (unpaired) electrons. The maximum absolute atomic E-state index is 13.0. The number of rotatable bonds is 6. The minimum absolute atomic E-state index is 0.0605. The lowest BCUT2D eigenvalue weighted by atomic mass is 9.99. The van der Waals surface area contributed by atoms with Crippen LogP contribution in [0.25, 0.3) is 17.0 Å². The number of nitriles is 1. The van der Waals surface area contributed by atoms with E-state index in [0.717, 1.165) is 16.5 Å². The Morgan fingerprint density at radius 2 is 2.07 bits per heavy atom. The van der Waals surface area contributed by atoms with Crippen LogP contribution in [0.3, 0.4) is 0 Å². The van der Waals surface area contributed by atoms with E-state index in [-0.39, 0.29) is 11.4 Å². The summed E-state index contributed by atoms with van der Waals surface area (Å²) in [6.45, 7) is 4.36. The van der Waals surface area contributed by atoms with Gasteiger partial charge in [-0.1, -0.05) is 18.2 Å². The topological polar surface area (TPSA) is 75.1 Å². The number of carbonyl (C=O) groups excluding carboxylic acids is 1. The van der Waals surface area contributed by atoms with Crippen molar-refractivity contribution in [3.8, 4) is 17.6 Å². The second-order valence-electron chi connectivity index (χ2n) is 6.04. The third kappa shape index (κ3) is 3.56. The fraction of sp³-hybridized carbons (Fsp3) is 0.182. The molecule has 0 aliphatic carbocycles. The van der Waals surface area contributed by atoms with Crippen molar-refractivity contribution in [2.45, 2.75) is 13.8 Å². The van der Waals surface area contributed by atoms with Crippen molar-refractivity contribution in [1.82, 2.24) is 4.98 Å². The molecule has 5 nitrogen and oxygen atoms in total. The summed E-state index contributed by atoms with van der Waals surface area (Å²) in [5.74, 6) is 0.860. The molecule has 0 saturated heterocycles. The average molecular weight is 360 g/mol. The van der Waals surface area contributed by atoms with Crippen LogP contribution in [0, 0.1) is 18.3 Å². The summed E-state index contributed by atoms with van der Waals surface area (Å²) in [4.78, 5) is 16.1. The van der Waals surface area contributed by atoms with Gasteiger partial charge in [-0.3, -0.25) is 4.79 Å². The number of benzene rings is 2. The summed E-state index contributed by atoms with van der Waals surface area (Å²) >= 11 is 0. The highest BCUT2D eigenvalue weighted by molar-refractivity contribution is 6.20. The molecule has 0 unspecified atom stereocenters. The monoisotopic (exact) mass is 360 g/mol. The zero-order valence-corrected chi connectivity index (χ0v) is 15.5. The summed E-state index contributed by atoms with van der Waals surface area (Å²) in [5.41, 5.74) is 3.10. The van der Waals surface area contributed by atoms with Gasteiger partial charge in [-0.15, -0.1) is 0 Å². The standard InChI is InChI=1S/C22H20N2O3/c1-4-27-19-9-8-15(11-20(19)26-3)10-16(12-23)22(25)17-13-24-18-7-5-6-14(2)21(17)18/h5-11,13,24H,4H2,1-3H3/b16-10+. The Morgan fingerprint density at radius 3 is 2.78 bits per heavy atom. The van der Waals surface area contributed by atoms with E-state index in [1.807, 2.05) is 38.1 Å². The van der Waals surface area contributed by atoms with Crippen LogP contribution in [0.5, 0.6) is 11.5 Å². The third-order valence-corrected chi connectivity index (χ3v) is 4.32. The Labute approximate surface area is 157 Å². The summed E-state index contributed by atoms with van der Waals surface area (Å²) in [6.07, 6.45) is 3.22. The number of allylic oxidation sites excluding steroid dienone is 1. The van der Waals surface area contributed by atoms with E-state index in [9.17, 15) is 10.1 Å². The van der Waals surface area contributed by atoms with Crippen molar-refractivity contribution < 1.29 is 14.3 Å². The van der Waals surface area contributed by atoms with E-state index in [0.29, 0.717) is 29.2 Å². The van der Waals surface area contributed by atoms with Gasteiger partial charge in [0.25, 0.3) is 0 Å². The Hall–Kier alpha value is -3.52. The van der Waals surface area contributed by atoms with Crippen molar-refractivity contribution >= 4 is 22.8 Å². The molecule has 3 aromatic rings. The molecular weight excluding hydrogens is 340 g/mol. The Bertz CT molecular complexity index is 1070. The molecule has 5 heteroatoms. The smallest absolute Gasteiger partial charge is 0.205 e. The van der Waals surface area contributed by atoms with Gasteiger partial charge in [-0.05, 0) is 49.2 Å². The fourth-order valence-electron chi connectivity index (χ4n) is 3.06. The molecule has 0 amide bonds. The molecule has 27 heavy (non-hydrogen) atoms. The number of nitrogens with zero attached hydrogens (tertiary/aromatic N) is 1. The van der Waals surface area contributed by atoms with Crippen molar-refractivity contribution in [1.29, 1.82) is 5.26 Å². The molecule has 1 N–H and O–H groups in total. The first-order valence-corrected chi connectivity index (χ1v) is 8.63. The first-order valence-electron chi connectivity index (χ1n) is 8.63. The Balaban J connectivity index is 2.01. The number of hydrogen-bond acceptors (Lipinski definition) is 4.